The van der Waals surface area contributed by atoms with Gasteiger partial charge < -0.3 is 49.2 Å². The molecule has 506 valence electrons. The van der Waals surface area contributed by atoms with Crippen molar-refractivity contribution in [2.24, 2.45) is 5.41 Å². The van der Waals surface area contributed by atoms with Crippen LogP contribution >= 0.6 is 0 Å². The number of aromatic nitrogens is 3. The number of aliphatic hydroxyl groups is 1. The summed E-state index contributed by atoms with van der Waals surface area (Å²) in [6.07, 6.45) is 12.4. The molecule has 3 N–H and O–H groups in total. The van der Waals surface area contributed by atoms with E-state index in [4.69, 9.17) is 45.1 Å². The predicted molar refractivity (Wildman–Crippen MR) is 350 cm³/mol. The van der Waals surface area contributed by atoms with Crippen LogP contribution in [0.5, 0.6) is 11.8 Å². The summed E-state index contributed by atoms with van der Waals surface area (Å²) in [5, 5.41) is 17.7. The Morgan fingerprint density at radius 2 is 1.59 bits per heavy atom. The number of piperazine rings is 1. The molecule has 4 aromatic carbocycles. The van der Waals surface area contributed by atoms with E-state index in [9.17, 15) is 33.1 Å². The van der Waals surface area contributed by atoms with Crippen molar-refractivity contribution in [2.45, 2.75) is 173 Å². The van der Waals surface area contributed by atoms with E-state index < -0.39 is 76.6 Å². The molecular formula is C72H85F4N9O10. The first-order valence-corrected chi connectivity index (χ1v) is 33.1. The highest BCUT2D eigenvalue weighted by molar-refractivity contribution is 6.03. The van der Waals surface area contributed by atoms with Crippen LogP contribution in [0.2, 0.25) is 0 Å². The second-order valence-electron chi connectivity index (χ2n) is 27.7. The molecule has 95 heavy (non-hydrogen) atoms. The molecule has 5 saturated heterocycles. The summed E-state index contributed by atoms with van der Waals surface area (Å²) in [4.78, 5) is 77.1. The van der Waals surface area contributed by atoms with Gasteiger partial charge in [0.25, 0.3) is 0 Å². The molecule has 5 fully saturated rings. The number of amides is 4. The third kappa shape index (κ3) is 15.6. The van der Waals surface area contributed by atoms with Crippen molar-refractivity contribution in [3.63, 3.8) is 0 Å². The number of fused-ring (bicyclic) bond motifs is 4. The van der Waals surface area contributed by atoms with Gasteiger partial charge in [-0.25, -0.2) is 22.4 Å². The smallest absolute Gasteiger partial charge is 0.410 e. The Morgan fingerprint density at radius 1 is 0.853 bits per heavy atom. The molecule has 3 unspecified atom stereocenters. The summed E-state index contributed by atoms with van der Waals surface area (Å²) in [5.74, 6) is -0.948. The number of nitrogens with one attached hydrogen (secondary N) is 2. The average molecular weight is 1310 g/mol. The maximum Gasteiger partial charge on any atom is 0.410 e. The average Bonchev–Trinajstić information content (AvgIpc) is 1.50. The molecule has 5 aliphatic rings. The molecule has 0 aliphatic carbocycles. The number of pyridine rings is 1. The number of rotatable bonds is 21. The van der Waals surface area contributed by atoms with E-state index in [0.29, 0.717) is 85.6 Å². The Labute approximate surface area is 551 Å². The largest absolute Gasteiger partial charge is 0.465 e. The number of hydrogen-bond donors (Lipinski definition) is 3. The Hall–Kier alpha value is -8.17. The van der Waals surface area contributed by atoms with Gasteiger partial charge in [0.05, 0.1) is 47.3 Å². The standard InChI is InChI=1S/C72H85F4N9O10/c1-9-51-54(73)28-25-45-34-50(94-59-20-10-11-33-92-59)36-52(60(45)51)63-62(76)64-53(37-77-63)66(83-38-46-26-27-47(39-83)85(46)70(90)95-72(6,7)8)81-69(80-64)93-41-48-16-13-29-82(48)30-15-32-91-31-14-19-58(87)79-65(71(3,4)5)68(89)84-40-49(86)35-57(84)67(88)78-42(2)43-21-23-44(24-22-43)61-55(74)17-12-18-56(61)75/h1,12,17-18,21-25,28,34,36-37,42,46-49,57,59,65,86H,10-11,13-16,19-20,26-27,29-33,35,38-41H2,2-8H3,(H,78,88)(H,79,87)/t42-,46?,47?,48-,49+,57-,59?,65+/m0/s1. The van der Waals surface area contributed by atoms with Gasteiger partial charge in [-0.1, -0.05) is 63.1 Å². The number of anilines is 1. The number of benzene rings is 4. The number of halogens is 4. The first kappa shape index (κ1) is 68.2. The highest BCUT2D eigenvalue weighted by Crippen LogP contribution is 2.42. The zero-order valence-electron chi connectivity index (χ0n) is 55.0. The highest BCUT2D eigenvalue weighted by atomic mass is 19.1. The summed E-state index contributed by atoms with van der Waals surface area (Å²) < 4.78 is 93.0. The van der Waals surface area contributed by atoms with Gasteiger partial charge in [-0.15, -0.1) is 6.42 Å². The Bertz CT molecular complexity index is 3820. The molecule has 5 aliphatic heterocycles. The second-order valence-corrected chi connectivity index (χ2v) is 27.7. The van der Waals surface area contributed by atoms with Crippen LogP contribution < -0.4 is 25.0 Å². The molecular weight excluding hydrogens is 1230 g/mol. The van der Waals surface area contributed by atoms with Crippen molar-refractivity contribution in [3.8, 4) is 46.5 Å². The molecule has 8 atom stereocenters. The number of aliphatic hydroxyl groups excluding tert-OH is 1. The summed E-state index contributed by atoms with van der Waals surface area (Å²) in [6.45, 7) is 16.3. The number of carbonyl (C=O) groups excluding carboxylic acids is 4. The molecule has 23 heteroatoms. The molecule has 19 nitrogen and oxygen atoms in total. The van der Waals surface area contributed by atoms with E-state index in [1.54, 1.807) is 49.4 Å². The number of nitrogens with zero attached hydrogens (tertiary/aromatic N) is 7. The topological polar surface area (TPSA) is 210 Å². The van der Waals surface area contributed by atoms with Gasteiger partial charge in [0.15, 0.2) is 12.1 Å². The minimum atomic E-state index is -1.02. The van der Waals surface area contributed by atoms with E-state index in [1.165, 1.54) is 35.4 Å². The Kier molecular flexibility index (Phi) is 20.9. The van der Waals surface area contributed by atoms with Gasteiger partial charge in [0.1, 0.15) is 64.5 Å². The van der Waals surface area contributed by atoms with Crippen molar-refractivity contribution in [1.29, 1.82) is 0 Å². The summed E-state index contributed by atoms with van der Waals surface area (Å²) >= 11 is 0. The van der Waals surface area contributed by atoms with Gasteiger partial charge >= 0.3 is 12.1 Å². The maximum atomic E-state index is 17.9. The highest BCUT2D eigenvalue weighted by Gasteiger charge is 2.47. The van der Waals surface area contributed by atoms with Gasteiger partial charge in [0, 0.05) is 81.8 Å². The summed E-state index contributed by atoms with van der Waals surface area (Å²) in [7, 11) is 0. The predicted octanol–water partition coefficient (Wildman–Crippen LogP) is 10.9. The van der Waals surface area contributed by atoms with Gasteiger partial charge in [0.2, 0.25) is 17.7 Å². The monoisotopic (exact) mass is 1310 g/mol. The lowest BCUT2D eigenvalue weighted by molar-refractivity contribution is -0.144. The minimum absolute atomic E-state index is 0.00125. The fraction of sp³-hybridized carbons (Fsp3) is 0.514. The van der Waals surface area contributed by atoms with Gasteiger partial charge in [-0.05, 0) is 138 Å². The fourth-order valence-electron chi connectivity index (χ4n) is 13.8. The quantitative estimate of drug-likeness (QED) is 0.0348. The molecule has 7 heterocycles. The van der Waals surface area contributed by atoms with Crippen LogP contribution in [0.4, 0.5) is 28.2 Å². The number of carbonyl (C=O) groups is 4. The number of likely N-dealkylation sites (tertiary alicyclic amines) is 2. The van der Waals surface area contributed by atoms with Crippen molar-refractivity contribution in [3.05, 3.63) is 107 Å². The fourth-order valence-corrected chi connectivity index (χ4v) is 13.8. The number of hydrogen-bond acceptors (Lipinski definition) is 15. The lowest BCUT2D eigenvalue weighted by atomic mass is 9.85. The lowest BCUT2D eigenvalue weighted by Gasteiger charge is -2.42. The number of ether oxygens (including phenoxy) is 5. The zero-order valence-corrected chi connectivity index (χ0v) is 55.0. The Balaban J connectivity index is 0.714. The van der Waals surface area contributed by atoms with E-state index in [1.807, 2.05) is 51.3 Å². The third-order valence-corrected chi connectivity index (χ3v) is 18.5. The van der Waals surface area contributed by atoms with E-state index >= 15 is 8.78 Å². The summed E-state index contributed by atoms with van der Waals surface area (Å²) in [5.41, 5.74) is -0.659. The van der Waals surface area contributed by atoms with Crippen LogP contribution in [0.25, 0.3) is 44.1 Å². The van der Waals surface area contributed by atoms with Gasteiger partial charge in [-0.2, -0.15) is 9.97 Å². The van der Waals surface area contributed by atoms with Crippen LogP contribution in [-0.4, -0.2) is 166 Å². The van der Waals surface area contributed by atoms with Gasteiger partial charge in [-0.3, -0.25) is 29.2 Å². The normalized spacial score (nSPS) is 21.4. The van der Waals surface area contributed by atoms with Crippen LogP contribution in [0.1, 0.15) is 136 Å². The van der Waals surface area contributed by atoms with E-state index in [2.05, 4.69) is 21.5 Å². The van der Waals surface area contributed by atoms with Crippen molar-refractivity contribution in [2.75, 3.05) is 64.1 Å². The first-order chi connectivity index (χ1) is 45.4. The lowest BCUT2D eigenvalue weighted by Crippen LogP contribution is -2.57. The number of β-amino-alcohol motifs (C(OH)–C–C–N with tert-alkyl or cyclic N) is 1. The zero-order chi connectivity index (χ0) is 67.5. The van der Waals surface area contributed by atoms with Crippen molar-refractivity contribution >= 4 is 51.3 Å². The molecule has 2 aromatic heterocycles. The molecule has 6 aromatic rings. The van der Waals surface area contributed by atoms with E-state index in [0.717, 1.165) is 45.1 Å². The second kappa shape index (κ2) is 29.0. The molecule has 2 bridgehead atoms. The molecule has 11 rings (SSSR count). The van der Waals surface area contributed by atoms with Crippen LogP contribution in [0.3, 0.4) is 0 Å². The Morgan fingerprint density at radius 3 is 2.28 bits per heavy atom. The molecule has 4 amide bonds. The van der Waals surface area contributed by atoms with E-state index in [-0.39, 0.29) is 102 Å². The van der Waals surface area contributed by atoms with Crippen LogP contribution in [-0.2, 0) is 28.6 Å². The maximum absolute atomic E-state index is 17.9. The van der Waals surface area contributed by atoms with Crippen molar-refractivity contribution in [1.82, 2.24) is 40.3 Å². The molecule has 0 saturated carbocycles. The summed E-state index contributed by atoms with van der Waals surface area (Å²) in [6, 6.07) is 13.2. The first-order valence-electron chi connectivity index (χ1n) is 33.1. The minimum Gasteiger partial charge on any atom is -0.465 e. The van der Waals surface area contributed by atoms with Crippen LogP contribution in [0.15, 0.2) is 72.9 Å². The number of terminal acetylenes is 1. The SMILES string of the molecule is C#Cc1c(F)ccc2cc(OC3CCCCO3)cc(-c3ncc4c(N5CC6CCC(C5)N6C(=O)OC(C)(C)C)nc(OC[C@@H]5CCCN5CCCOCCCC(=O)N[C@H](C(=O)N5C[C@H](O)C[C@H]5C(=O)N[C@@H](C)c5ccc(-c6c(F)cccc6F)cc5)C(C)(C)C)nc4c3F)c12. The molecule has 0 spiro atoms. The molecule has 0 radical (unpaired) electrons. The third-order valence-electron chi connectivity index (χ3n) is 18.5. The van der Waals surface area contributed by atoms with Crippen LogP contribution in [0, 0.1) is 41.0 Å². The van der Waals surface area contributed by atoms with Crippen molar-refractivity contribution < 1.29 is 65.5 Å².